The zero-order chi connectivity index (χ0) is 17.1. The second-order valence-electron chi connectivity index (χ2n) is 6.73. The van der Waals surface area contributed by atoms with E-state index in [1.807, 2.05) is 27.7 Å². The quantitative estimate of drug-likeness (QED) is 0.787. The summed E-state index contributed by atoms with van der Waals surface area (Å²) in [5, 5.41) is 2.54. The third kappa shape index (κ3) is 4.11. The Hall–Kier alpha value is -1.79. The molecule has 2 amide bonds. The first-order chi connectivity index (χ1) is 10.1. The van der Waals surface area contributed by atoms with Crippen molar-refractivity contribution < 1.29 is 23.9 Å². The van der Waals surface area contributed by atoms with Crippen molar-refractivity contribution in [2.45, 2.75) is 46.2 Å². The first kappa shape index (κ1) is 18.3. The molecule has 0 saturated carbocycles. The number of likely N-dealkylation sites (tertiary alicyclic amines) is 1. The third-order valence-corrected chi connectivity index (χ3v) is 3.87. The molecule has 0 aromatic heterocycles. The van der Waals surface area contributed by atoms with Gasteiger partial charge in [0.05, 0.1) is 14.2 Å². The highest BCUT2D eigenvalue weighted by Crippen LogP contribution is 2.35. The molecule has 2 atom stereocenters. The van der Waals surface area contributed by atoms with Gasteiger partial charge in [-0.2, -0.15) is 0 Å². The molecule has 1 N–H and O–H groups in total. The summed E-state index contributed by atoms with van der Waals surface area (Å²) < 4.78 is 9.37. The van der Waals surface area contributed by atoms with Crippen LogP contribution < -0.4 is 5.32 Å². The lowest BCUT2D eigenvalue weighted by Crippen LogP contribution is -2.54. The standard InChI is InChI=1S/C15H26N2O5/c1-9(2)11(16-14(20)22-6)12(18)17-8-15(3,4)7-10(17)13(19)21-5/h9-11H,7-8H2,1-6H3,(H,16,20)/t10-,11-/m0/s1. The maximum absolute atomic E-state index is 12.8. The van der Waals surface area contributed by atoms with Crippen molar-refractivity contribution in [1.82, 2.24) is 10.2 Å². The van der Waals surface area contributed by atoms with Crippen LogP contribution in [0, 0.1) is 11.3 Å². The molecule has 1 fully saturated rings. The van der Waals surface area contributed by atoms with E-state index < -0.39 is 24.1 Å². The van der Waals surface area contributed by atoms with Gasteiger partial charge in [0, 0.05) is 6.54 Å². The van der Waals surface area contributed by atoms with Crippen molar-refractivity contribution >= 4 is 18.0 Å². The van der Waals surface area contributed by atoms with Crippen molar-refractivity contribution in [1.29, 1.82) is 0 Å². The number of rotatable bonds is 4. The van der Waals surface area contributed by atoms with Crippen LogP contribution in [-0.4, -0.2) is 55.7 Å². The molecular formula is C15H26N2O5. The Labute approximate surface area is 131 Å². The van der Waals surface area contributed by atoms with E-state index in [9.17, 15) is 14.4 Å². The minimum Gasteiger partial charge on any atom is -0.467 e. The Morgan fingerprint density at radius 3 is 2.23 bits per heavy atom. The minimum absolute atomic E-state index is 0.131. The Morgan fingerprint density at radius 2 is 1.77 bits per heavy atom. The van der Waals surface area contributed by atoms with Gasteiger partial charge < -0.3 is 19.7 Å². The molecule has 22 heavy (non-hydrogen) atoms. The van der Waals surface area contributed by atoms with Gasteiger partial charge in [-0.25, -0.2) is 9.59 Å². The molecule has 0 aromatic carbocycles. The molecule has 1 aliphatic heterocycles. The number of amides is 2. The zero-order valence-corrected chi connectivity index (χ0v) is 14.1. The van der Waals surface area contributed by atoms with Crippen LogP contribution in [0.3, 0.4) is 0 Å². The van der Waals surface area contributed by atoms with Crippen molar-refractivity contribution in [2.24, 2.45) is 11.3 Å². The Kier molecular flexibility index (Phi) is 5.79. The van der Waals surface area contributed by atoms with E-state index in [1.54, 1.807) is 0 Å². The van der Waals surface area contributed by atoms with Crippen LogP contribution in [0.2, 0.25) is 0 Å². The van der Waals surface area contributed by atoms with Gasteiger partial charge in [-0.05, 0) is 17.8 Å². The van der Waals surface area contributed by atoms with Crippen molar-refractivity contribution in [3.05, 3.63) is 0 Å². The molecule has 0 unspecified atom stereocenters. The fraction of sp³-hybridized carbons (Fsp3) is 0.800. The molecule has 7 nitrogen and oxygen atoms in total. The minimum atomic E-state index is -0.742. The highest BCUT2D eigenvalue weighted by atomic mass is 16.5. The topological polar surface area (TPSA) is 84.9 Å². The molecule has 1 saturated heterocycles. The first-order valence-corrected chi connectivity index (χ1v) is 7.35. The highest BCUT2D eigenvalue weighted by Gasteiger charge is 2.46. The molecule has 0 aromatic rings. The van der Waals surface area contributed by atoms with Crippen LogP contribution >= 0.6 is 0 Å². The van der Waals surface area contributed by atoms with Gasteiger partial charge >= 0.3 is 12.1 Å². The molecule has 1 rings (SSSR count). The van der Waals surface area contributed by atoms with Crippen LogP contribution in [0.25, 0.3) is 0 Å². The maximum atomic E-state index is 12.8. The van der Waals surface area contributed by atoms with E-state index in [-0.39, 0.29) is 17.2 Å². The van der Waals surface area contributed by atoms with Crippen LogP contribution in [0.4, 0.5) is 4.79 Å². The fourth-order valence-electron chi connectivity index (χ4n) is 2.73. The monoisotopic (exact) mass is 314 g/mol. The summed E-state index contributed by atoms with van der Waals surface area (Å²) in [7, 11) is 2.55. The van der Waals surface area contributed by atoms with Gasteiger partial charge in [-0.1, -0.05) is 27.7 Å². The third-order valence-electron chi connectivity index (χ3n) is 3.87. The maximum Gasteiger partial charge on any atom is 0.407 e. The molecule has 0 spiro atoms. The molecule has 1 heterocycles. The lowest BCUT2D eigenvalue weighted by atomic mass is 9.91. The lowest BCUT2D eigenvalue weighted by Gasteiger charge is -2.29. The number of hydrogen-bond acceptors (Lipinski definition) is 5. The number of ether oxygens (including phenoxy) is 2. The van der Waals surface area contributed by atoms with E-state index in [1.165, 1.54) is 19.1 Å². The number of nitrogens with one attached hydrogen (secondary N) is 1. The van der Waals surface area contributed by atoms with Crippen LogP contribution in [0.1, 0.15) is 34.1 Å². The largest absolute Gasteiger partial charge is 0.467 e. The van der Waals surface area contributed by atoms with Crippen molar-refractivity contribution in [3.8, 4) is 0 Å². The average Bonchev–Trinajstić information content (AvgIpc) is 2.78. The number of methoxy groups -OCH3 is 2. The molecule has 7 heteroatoms. The van der Waals surface area contributed by atoms with Gasteiger partial charge in [0.15, 0.2) is 0 Å². The predicted molar refractivity (Wildman–Crippen MR) is 80.1 cm³/mol. The summed E-state index contributed by atoms with van der Waals surface area (Å²) in [4.78, 5) is 37.7. The van der Waals surface area contributed by atoms with E-state index in [0.29, 0.717) is 13.0 Å². The Morgan fingerprint density at radius 1 is 1.18 bits per heavy atom. The van der Waals surface area contributed by atoms with E-state index in [2.05, 4.69) is 10.1 Å². The smallest absolute Gasteiger partial charge is 0.407 e. The van der Waals surface area contributed by atoms with Crippen molar-refractivity contribution in [3.63, 3.8) is 0 Å². The summed E-state index contributed by atoms with van der Waals surface area (Å²) in [6.45, 7) is 8.08. The highest BCUT2D eigenvalue weighted by molar-refractivity contribution is 5.90. The van der Waals surface area contributed by atoms with Gasteiger partial charge in [0.1, 0.15) is 12.1 Å². The zero-order valence-electron chi connectivity index (χ0n) is 14.1. The Balaban J connectivity index is 2.99. The molecule has 126 valence electrons. The summed E-state index contributed by atoms with van der Waals surface area (Å²) >= 11 is 0. The normalized spacial score (nSPS) is 21.4. The van der Waals surface area contributed by atoms with Crippen LogP contribution in [0.5, 0.6) is 0 Å². The Bertz CT molecular complexity index is 447. The number of esters is 1. The number of alkyl carbamates (subject to hydrolysis) is 1. The van der Waals surface area contributed by atoms with E-state index in [4.69, 9.17) is 4.74 Å². The van der Waals surface area contributed by atoms with E-state index in [0.717, 1.165) is 0 Å². The summed E-state index contributed by atoms with van der Waals surface area (Å²) in [5.74, 6) is -0.852. The van der Waals surface area contributed by atoms with Gasteiger partial charge in [-0.3, -0.25) is 4.79 Å². The van der Waals surface area contributed by atoms with Crippen LogP contribution in [0.15, 0.2) is 0 Å². The summed E-state index contributed by atoms with van der Waals surface area (Å²) in [6, 6.07) is -1.36. The van der Waals surface area contributed by atoms with Gasteiger partial charge in [-0.15, -0.1) is 0 Å². The second kappa shape index (κ2) is 6.98. The second-order valence-corrected chi connectivity index (χ2v) is 6.73. The van der Waals surface area contributed by atoms with Gasteiger partial charge in [0.25, 0.3) is 0 Å². The number of nitrogens with zero attached hydrogens (tertiary/aromatic N) is 1. The van der Waals surface area contributed by atoms with Gasteiger partial charge in [0.2, 0.25) is 5.91 Å². The van der Waals surface area contributed by atoms with Crippen LogP contribution in [-0.2, 0) is 19.1 Å². The molecule has 1 aliphatic rings. The lowest BCUT2D eigenvalue weighted by molar-refractivity contribution is -0.151. The summed E-state index contributed by atoms with van der Waals surface area (Å²) in [6.07, 6.45) is -0.130. The number of hydrogen-bond donors (Lipinski definition) is 1. The molecule has 0 radical (unpaired) electrons. The molecular weight excluding hydrogens is 288 g/mol. The first-order valence-electron chi connectivity index (χ1n) is 7.35. The summed E-state index contributed by atoms with van der Waals surface area (Å²) in [5.41, 5.74) is -0.179. The van der Waals surface area contributed by atoms with E-state index >= 15 is 0 Å². The SMILES string of the molecule is COC(=O)N[C@H](C(=O)N1CC(C)(C)C[C@H]1C(=O)OC)C(C)C. The van der Waals surface area contributed by atoms with Crippen molar-refractivity contribution in [2.75, 3.05) is 20.8 Å². The predicted octanol–water partition coefficient (Wildman–Crippen LogP) is 1.17. The fourth-order valence-corrected chi connectivity index (χ4v) is 2.73. The molecule has 0 aliphatic carbocycles. The molecule has 0 bridgehead atoms. The number of carbonyl (C=O) groups excluding carboxylic acids is 3. The average molecular weight is 314 g/mol. The number of carbonyl (C=O) groups is 3.